The molecule has 0 spiro atoms. The molecule has 0 N–H and O–H groups in total. The first kappa shape index (κ1) is 62.6. The minimum absolute atomic E-state index is 0.0350. The molecule has 0 bridgehead atoms. The largest absolute Gasteiger partial charge is 0.321 e. The summed E-state index contributed by atoms with van der Waals surface area (Å²) in [7, 11) is -18.7. The van der Waals surface area contributed by atoms with Crippen LogP contribution in [-0.2, 0) is 36.4 Å². The molecule has 8 aromatic rings. The molecule has 0 aromatic heterocycles. The molecule has 430 valence electrons. The van der Waals surface area contributed by atoms with Gasteiger partial charge in [-0.05, 0) is 176 Å². The number of carbonyl (C=O) groups excluding carboxylic acids is 3. The van der Waals surface area contributed by atoms with Crippen molar-refractivity contribution < 1.29 is 50.7 Å². The lowest BCUT2D eigenvalue weighted by molar-refractivity contribution is 0.00225. The van der Waals surface area contributed by atoms with E-state index in [0.29, 0.717) is 55.1 Å². The Morgan fingerprint density at radius 3 is 0.783 bits per heavy atom. The van der Waals surface area contributed by atoms with Crippen LogP contribution in [0.5, 0.6) is 0 Å². The zero-order valence-corrected chi connectivity index (χ0v) is 52.9. The van der Waals surface area contributed by atoms with E-state index in [0.717, 1.165) is 22.3 Å². The van der Waals surface area contributed by atoms with Gasteiger partial charge in [0.25, 0.3) is 23.9 Å². The van der Waals surface area contributed by atoms with Gasteiger partial charge in [0.2, 0.25) is 0 Å². The number of hydrogen-bond donors (Lipinski definition) is 0. The Hall–Kier alpha value is -6.47. The van der Waals surface area contributed by atoms with Gasteiger partial charge >= 0.3 is 22.1 Å². The monoisotopic (exact) mass is 1190 g/mol. The first-order chi connectivity index (χ1) is 39.3. The minimum atomic E-state index is -4.81. The third kappa shape index (κ3) is 13.0. The van der Waals surface area contributed by atoms with E-state index in [1.807, 2.05) is 90.1 Å². The van der Waals surface area contributed by atoms with Gasteiger partial charge in [-0.2, -0.15) is 0 Å². The summed E-state index contributed by atoms with van der Waals surface area (Å²) in [6.45, 7) is 18.5. The van der Waals surface area contributed by atoms with E-state index in [4.69, 9.17) is 18.1 Å². The molecule has 0 fully saturated rings. The molecule has 4 unspecified atom stereocenters. The van der Waals surface area contributed by atoms with Crippen LogP contribution in [-0.4, -0.2) is 43.0 Å². The smallest absolute Gasteiger partial charge is 0.300 e. The average molecular weight is 1190 g/mol. The Morgan fingerprint density at radius 1 is 0.313 bits per heavy atom. The maximum Gasteiger partial charge on any atom is 0.300 e. The molecule has 8 rings (SSSR count). The highest BCUT2D eigenvalue weighted by atomic mass is 31.2. The highest BCUT2D eigenvalue weighted by Gasteiger charge is 2.49. The molecule has 0 aliphatic heterocycles. The van der Waals surface area contributed by atoms with Crippen LogP contribution >= 0.6 is 29.5 Å². The Bertz CT molecular complexity index is 3560. The molecule has 0 amide bonds. The number of benzene rings is 8. The van der Waals surface area contributed by atoms with Crippen molar-refractivity contribution in [2.45, 2.75) is 83.1 Å². The maximum absolute atomic E-state index is 16.6. The average Bonchev–Trinajstić information content (AvgIpc) is 2.72. The maximum atomic E-state index is 16.6. The molecular weight excluding hydrogens is 1120 g/mol. The van der Waals surface area contributed by atoms with Crippen LogP contribution in [0, 0.1) is 88.5 Å². The van der Waals surface area contributed by atoms with E-state index in [9.17, 15) is 0 Å². The second-order valence-corrected chi connectivity index (χ2v) is 31.3. The van der Waals surface area contributed by atoms with Gasteiger partial charge in [0.05, 0.1) is 31.8 Å². The molecular formula is C68H72O11P4. The fourth-order valence-electron chi connectivity index (χ4n) is 11.3. The van der Waals surface area contributed by atoms with Gasteiger partial charge in [0, 0.05) is 43.2 Å². The standard InChI is InChI=1S/C68H72O11P4/c1-45-33-49(5)61(50(6)34-45)65(69)81(73,58-27-19-14-20-28-58)77-42-68(41-76-80(72,57-25-17-13-18-26-57)64-55(11)39-48(4)40-56(64)12,43-78-82(74,59-29-21-15-22-30-59)66(70)62-51(7)35-46(2)36-52(62)8)44-79-83(75,60-31-23-16-24-32-60)67(71)63-53(9)37-47(3)38-54(63)10/h13-40H,41-44H2,1-12H3. The van der Waals surface area contributed by atoms with E-state index < -0.39 is 77.9 Å². The van der Waals surface area contributed by atoms with Crippen molar-refractivity contribution in [3.05, 3.63) is 253 Å². The summed E-state index contributed by atoms with van der Waals surface area (Å²) < 4.78 is 93.3. The van der Waals surface area contributed by atoms with Gasteiger partial charge < -0.3 is 18.1 Å². The number of hydrogen-bond acceptors (Lipinski definition) is 11. The van der Waals surface area contributed by atoms with Crippen LogP contribution in [0.2, 0.25) is 0 Å². The summed E-state index contributed by atoms with van der Waals surface area (Å²) in [5, 5.41) is 0.786. The first-order valence-electron chi connectivity index (χ1n) is 27.4. The fourth-order valence-corrected chi connectivity index (χ4v) is 20.4. The Morgan fingerprint density at radius 2 is 0.530 bits per heavy atom. The molecule has 11 nitrogen and oxygen atoms in total. The number of rotatable bonds is 23. The molecule has 0 saturated heterocycles. The summed E-state index contributed by atoms with van der Waals surface area (Å²) >= 11 is 0. The molecule has 0 aliphatic rings. The lowest BCUT2D eigenvalue weighted by Gasteiger charge is -2.37. The van der Waals surface area contributed by atoms with Crippen molar-refractivity contribution in [2.75, 3.05) is 26.4 Å². The van der Waals surface area contributed by atoms with Crippen molar-refractivity contribution in [3.8, 4) is 0 Å². The van der Waals surface area contributed by atoms with Gasteiger partial charge in [-0.15, -0.1) is 0 Å². The molecule has 15 heteroatoms. The molecule has 0 aliphatic carbocycles. The topological polar surface area (TPSA) is 156 Å². The summed E-state index contributed by atoms with van der Waals surface area (Å²) in [6, 6.07) is 47.4. The lowest BCUT2D eigenvalue weighted by atomic mass is 9.93. The van der Waals surface area contributed by atoms with Crippen LogP contribution in [0.25, 0.3) is 0 Å². The van der Waals surface area contributed by atoms with E-state index in [1.54, 1.807) is 126 Å². The molecule has 4 atom stereocenters. The summed E-state index contributed by atoms with van der Waals surface area (Å²) in [5.74, 6) is 0. The molecule has 83 heavy (non-hydrogen) atoms. The number of carbonyl (C=O) groups is 3. The second kappa shape index (κ2) is 25.4. The van der Waals surface area contributed by atoms with Crippen LogP contribution in [0.3, 0.4) is 0 Å². The molecule has 0 saturated carbocycles. The van der Waals surface area contributed by atoms with Gasteiger partial charge in [-0.1, -0.05) is 144 Å². The Balaban J connectivity index is 1.41. The van der Waals surface area contributed by atoms with E-state index >= 15 is 32.6 Å². The van der Waals surface area contributed by atoms with Crippen LogP contribution < -0.4 is 26.5 Å². The molecule has 8 aromatic carbocycles. The van der Waals surface area contributed by atoms with Crippen molar-refractivity contribution in [2.24, 2.45) is 5.41 Å². The highest BCUT2D eigenvalue weighted by molar-refractivity contribution is 7.84. The van der Waals surface area contributed by atoms with Gasteiger partial charge in [0.15, 0.2) is 0 Å². The van der Waals surface area contributed by atoms with Crippen molar-refractivity contribution in [3.63, 3.8) is 0 Å². The van der Waals surface area contributed by atoms with E-state index in [-0.39, 0.29) is 32.6 Å². The third-order valence-electron chi connectivity index (χ3n) is 15.0. The second-order valence-electron chi connectivity index (χ2n) is 22.1. The molecule has 0 radical (unpaired) electrons. The highest BCUT2D eigenvalue weighted by Crippen LogP contribution is 2.58. The van der Waals surface area contributed by atoms with Crippen molar-refractivity contribution in [1.29, 1.82) is 0 Å². The Kier molecular flexibility index (Phi) is 19.1. The van der Waals surface area contributed by atoms with Gasteiger partial charge in [-0.3, -0.25) is 32.6 Å². The van der Waals surface area contributed by atoms with Crippen molar-refractivity contribution >= 4 is 72.6 Å². The zero-order chi connectivity index (χ0) is 60.2. The van der Waals surface area contributed by atoms with Crippen LogP contribution in [0.4, 0.5) is 0 Å². The fraction of sp³-hybridized carbons (Fsp3) is 0.250. The third-order valence-corrected chi connectivity index (χ3v) is 24.5. The van der Waals surface area contributed by atoms with Crippen LogP contribution in [0.15, 0.2) is 170 Å². The van der Waals surface area contributed by atoms with Gasteiger partial charge in [-0.25, -0.2) is 0 Å². The van der Waals surface area contributed by atoms with Crippen LogP contribution in [0.1, 0.15) is 97.8 Å². The van der Waals surface area contributed by atoms with E-state index in [1.165, 1.54) is 36.4 Å². The summed E-state index contributed by atoms with van der Waals surface area (Å²) in [4.78, 5) is 46.5. The normalized spacial score (nSPS) is 15.2. The quantitative estimate of drug-likeness (QED) is 0.0562. The van der Waals surface area contributed by atoms with Gasteiger partial charge in [0.1, 0.15) is 0 Å². The summed E-state index contributed by atoms with van der Waals surface area (Å²) in [5.41, 5.74) is 4.03. The predicted octanol–water partition coefficient (Wildman–Crippen LogP) is 15.0. The minimum Gasteiger partial charge on any atom is -0.321 e. The SMILES string of the molecule is Cc1cc(C)c(C(=O)P(=O)(OCC(COP(=O)(C(=O)c2c(C)cc(C)cc2C)c2ccccc2)(COP(=O)(C(=O)c2c(C)cc(C)cc2C)c2ccccc2)COP(=O)(c2ccccc2)c2c(C)cc(C)cc2C)c2ccccc2)c(C)c1. The lowest BCUT2D eigenvalue weighted by Crippen LogP contribution is -2.43. The first-order valence-corrected chi connectivity index (χ1v) is 33.9. The van der Waals surface area contributed by atoms with Crippen molar-refractivity contribution in [1.82, 2.24) is 0 Å². The Labute approximate surface area is 489 Å². The summed E-state index contributed by atoms with van der Waals surface area (Å²) in [6.07, 6.45) is 0. The zero-order valence-electron chi connectivity index (χ0n) is 49.3. The predicted molar refractivity (Wildman–Crippen MR) is 336 cm³/mol. The number of aryl methyl sites for hydroxylation is 12. The molecule has 0 heterocycles. The van der Waals surface area contributed by atoms with E-state index in [2.05, 4.69) is 0 Å².